The van der Waals surface area contributed by atoms with Gasteiger partial charge in [0.25, 0.3) is 11.8 Å². The van der Waals surface area contributed by atoms with E-state index in [1.165, 1.54) is 0 Å². The number of amides is 2. The molecule has 0 saturated carbocycles. The molecule has 0 radical (unpaired) electrons. The minimum atomic E-state index is -0.740. The minimum Gasteiger partial charge on any atom is -0.454 e. The van der Waals surface area contributed by atoms with Gasteiger partial charge in [0.2, 0.25) is 6.79 Å². The highest BCUT2D eigenvalue weighted by atomic mass is 16.7. The molecule has 0 bridgehead atoms. The van der Waals surface area contributed by atoms with E-state index in [9.17, 15) is 9.59 Å². The molecule has 0 fully saturated rings. The molecule has 2 N–H and O–H groups in total. The molecular formula is C22H26N4O4. The van der Waals surface area contributed by atoms with E-state index in [0.717, 1.165) is 11.3 Å². The number of carbonyl (C=O) groups is 2. The first-order valence-electron chi connectivity index (χ1n) is 9.66. The van der Waals surface area contributed by atoms with Crippen LogP contribution in [-0.4, -0.2) is 45.0 Å². The van der Waals surface area contributed by atoms with Gasteiger partial charge in [0.1, 0.15) is 6.04 Å². The Balaban J connectivity index is 1.61. The number of anilines is 1. The summed E-state index contributed by atoms with van der Waals surface area (Å²) in [5.41, 5.74) is 4.82. The summed E-state index contributed by atoms with van der Waals surface area (Å²) in [6.45, 7) is 3.84. The first-order chi connectivity index (χ1) is 14.3. The predicted molar refractivity (Wildman–Crippen MR) is 115 cm³/mol. The van der Waals surface area contributed by atoms with E-state index in [0.29, 0.717) is 17.1 Å². The number of hydrogen-bond donors (Lipinski definition) is 2. The lowest BCUT2D eigenvalue weighted by atomic mass is 10.0. The maximum absolute atomic E-state index is 12.6. The number of rotatable bonds is 7. The van der Waals surface area contributed by atoms with Crippen LogP contribution in [0.4, 0.5) is 5.69 Å². The molecule has 0 spiro atoms. The van der Waals surface area contributed by atoms with E-state index in [4.69, 9.17) is 9.47 Å². The number of benzene rings is 2. The van der Waals surface area contributed by atoms with Crippen LogP contribution < -0.4 is 25.1 Å². The summed E-state index contributed by atoms with van der Waals surface area (Å²) in [6, 6.07) is 11.9. The molecule has 30 heavy (non-hydrogen) atoms. The van der Waals surface area contributed by atoms with E-state index in [2.05, 4.69) is 15.8 Å². The maximum atomic E-state index is 12.6. The Kier molecular flexibility index (Phi) is 6.56. The zero-order chi connectivity index (χ0) is 21.7. The van der Waals surface area contributed by atoms with Crippen LogP contribution in [0.5, 0.6) is 11.5 Å². The Morgan fingerprint density at radius 3 is 2.43 bits per heavy atom. The lowest BCUT2D eigenvalue weighted by molar-refractivity contribution is -0.123. The molecule has 0 saturated heterocycles. The monoisotopic (exact) mass is 410 g/mol. The second-order valence-electron chi connectivity index (χ2n) is 7.48. The van der Waals surface area contributed by atoms with Crippen LogP contribution in [0.3, 0.4) is 0 Å². The average molecular weight is 410 g/mol. The zero-order valence-corrected chi connectivity index (χ0v) is 17.5. The Morgan fingerprint density at radius 1 is 1.07 bits per heavy atom. The van der Waals surface area contributed by atoms with Gasteiger partial charge in [-0.2, -0.15) is 5.10 Å². The highest BCUT2D eigenvalue weighted by Crippen LogP contribution is 2.32. The number of fused-ring (bicyclic) bond motifs is 1. The van der Waals surface area contributed by atoms with E-state index in [1.54, 1.807) is 24.4 Å². The van der Waals surface area contributed by atoms with Crippen LogP contribution in [0.25, 0.3) is 0 Å². The molecule has 1 atom stereocenters. The maximum Gasteiger partial charge on any atom is 0.262 e. The van der Waals surface area contributed by atoms with Crippen LogP contribution in [0.15, 0.2) is 47.6 Å². The fourth-order valence-electron chi connectivity index (χ4n) is 2.90. The summed E-state index contributed by atoms with van der Waals surface area (Å²) < 4.78 is 10.6. The first-order valence-corrected chi connectivity index (χ1v) is 9.66. The second-order valence-corrected chi connectivity index (χ2v) is 7.48. The van der Waals surface area contributed by atoms with Crippen LogP contribution in [-0.2, 0) is 4.79 Å². The minimum absolute atomic E-state index is 0.127. The van der Waals surface area contributed by atoms with Crippen LogP contribution in [0.2, 0.25) is 0 Å². The molecule has 0 aromatic heterocycles. The average Bonchev–Trinajstić information content (AvgIpc) is 3.19. The van der Waals surface area contributed by atoms with Gasteiger partial charge in [-0.1, -0.05) is 26.0 Å². The van der Waals surface area contributed by atoms with Gasteiger partial charge in [-0.05, 0) is 41.8 Å². The van der Waals surface area contributed by atoms with Gasteiger partial charge in [-0.15, -0.1) is 0 Å². The molecule has 0 aliphatic carbocycles. The third-order valence-corrected chi connectivity index (χ3v) is 4.67. The van der Waals surface area contributed by atoms with Crippen molar-refractivity contribution in [3.05, 3.63) is 53.6 Å². The quantitative estimate of drug-likeness (QED) is 0.540. The molecule has 158 valence electrons. The number of hydrogen-bond acceptors (Lipinski definition) is 6. The van der Waals surface area contributed by atoms with Crippen LogP contribution in [0.1, 0.15) is 29.8 Å². The fourth-order valence-corrected chi connectivity index (χ4v) is 2.90. The molecule has 1 aliphatic heterocycles. The van der Waals surface area contributed by atoms with E-state index < -0.39 is 6.04 Å². The molecule has 1 heterocycles. The topological polar surface area (TPSA) is 92.3 Å². The van der Waals surface area contributed by atoms with Crippen molar-refractivity contribution in [3.8, 4) is 11.5 Å². The second kappa shape index (κ2) is 9.30. The summed E-state index contributed by atoms with van der Waals surface area (Å²) in [5, 5.41) is 6.79. The lowest BCUT2D eigenvalue weighted by Gasteiger charge is -2.20. The van der Waals surface area contributed by atoms with Gasteiger partial charge in [0, 0.05) is 25.3 Å². The molecule has 3 rings (SSSR count). The normalized spacial score (nSPS) is 13.4. The molecule has 2 aromatic rings. The highest BCUT2D eigenvalue weighted by Gasteiger charge is 2.25. The van der Waals surface area contributed by atoms with Gasteiger partial charge >= 0.3 is 0 Å². The summed E-state index contributed by atoms with van der Waals surface area (Å²) in [7, 11) is 3.93. The molecule has 2 aromatic carbocycles. The summed E-state index contributed by atoms with van der Waals surface area (Å²) in [6.07, 6.45) is 1.56. The van der Waals surface area contributed by atoms with Crippen molar-refractivity contribution in [2.75, 3.05) is 25.8 Å². The van der Waals surface area contributed by atoms with Gasteiger partial charge in [0.05, 0.1) is 6.21 Å². The third kappa shape index (κ3) is 5.08. The van der Waals surface area contributed by atoms with Crippen molar-refractivity contribution in [2.45, 2.75) is 19.9 Å². The molecule has 1 aliphatic rings. The Bertz CT molecular complexity index is 939. The summed E-state index contributed by atoms with van der Waals surface area (Å²) >= 11 is 0. The van der Waals surface area contributed by atoms with Crippen LogP contribution in [0, 0.1) is 5.92 Å². The highest BCUT2D eigenvalue weighted by molar-refractivity contribution is 5.98. The molecule has 2 amide bonds. The lowest BCUT2D eigenvalue weighted by Crippen LogP contribution is -2.48. The number of carbonyl (C=O) groups excluding carboxylic acids is 2. The molecule has 1 unspecified atom stereocenters. The smallest absolute Gasteiger partial charge is 0.262 e. The number of ether oxygens (including phenoxy) is 2. The zero-order valence-electron chi connectivity index (χ0n) is 17.5. The fraction of sp³-hybridized carbons (Fsp3) is 0.318. The van der Waals surface area contributed by atoms with Gasteiger partial charge in [0.15, 0.2) is 11.5 Å². The SMILES string of the molecule is CC(C)C(NC(=O)c1ccc2c(c1)OCO2)C(=O)NN=Cc1ccc(N(C)C)cc1. The van der Waals surface area contributed by atoms with Gasteiger partial charge < -0.3 is 19.7 Å². The third-order valence-electron chi connectivity index (χ3n) is 4.67. The Hall–Kier alpha value is -3.55. The van der Waals surface area contributed by atoms with Crippen molar-refractivity contribution in [1.82, 2.24) is 10.7 Å². The first kappa shape index (κ1) is 21.2. The van der Waals surface area contributed by atoms with E-state index >= 15 is 0 Å². The Morgan fingerprint density at radius 2 is 1.77 bits per heavy atom. The van der Waals surface area contributed by atoms with E-state index in [1.807, 2.05) is 57.1 Å². The summed E-state index contributed by atoms with van der Waals surface area (Å²) in [5.74, 6) is 0.221. The predicted octanol–water partition coefficient (Wildman–Crippen LogP) is 2.39. The molecule has 8 heteroatoms. The van der Waals surface area contributed by atoms with E-state index in [-0.39, 0.29) is 24.5 Å². The van der Waals surface area contributed by atoms with Crippen molar-refractivity contribution in [3.63, 3.8) is 0 Å². The number of nitrogens with zero attached hydrogens (tertiary/aromatic N) is 2. The number of nitrogens with one attached hydrogen (secondary N) is 2. The molecule has 8 nitrogen and oxygen atoms in total. The van der Waals surface area contributed by atoms with Crippen molar-refractivity contribution in [1.29, 1.82) is 0 Å². The largest absolute Gasteiger partial charge is 0.454 e. The van der Waals surface area contributed by atoms with Gasteiger partial charge in [-0.3, -0.25) is 9.59 Å². The van der Waals surface area contributed by atoms with Crippen molar-refractivity contribution in [2.24, 2.45) is 11.0 Å². The molecular weight excluding hydrogens is 384 g/mol. The van der Waals surface area contributed by atoms with Crippen molar-refractivity contribution >= 4 is 23.7 Å². The Labute approximate surface area is 175 Å². The standard InChI is InChI=1S/C22H26N4O4/c1-14(2)20(24-21(27)16-7-10-18-19(11-16)30-13-29-18)22(28)25-23-12-15-5-8-17(9-6-15)26(3)4/h5-12,14,20H,13H2,1-4H3,(H,24,27)(H,25,28). The van der Waals surface area contributed by atoms with Gasteiger partial charge in [-0.25, -0.2) is 5.43 Å². The van der Waals surface area contributed by atoms with Crippen molar-refractivity contribution < 1.29 is 19.1 Å². The van der Waals surface area contributed by atoms with Crippen LogP contribution >= 0.6 is 0 Å². The number of hydrazone groups is 1. The summed E-state index contributed by atoms with van der Waals surface area (Å²) in [4.78, 5) is 27.2.